The molecule has 0 amide bonds. The van der Waals surface area contributed by atoms with Crippen molar-refractivity contribution in [2.24, 2.45) is 41.4 Å². The summed E-state index contributed by atoms with van der Waals surface area (Å²) < 4.78 is 105. The van der Waals surface area contributed by atoms with Crippen LogP contribution in [-0.2, 0) is 57.6 Å². The van der Waals surface area contributed by atoms with E-state index in [1.165, 1.54) is 82.0 Å². The summed E-state index contributed by atoms with van der Waals surface area (Å²) in [6.45, 7) is 54.5. The van der Waals surface area contributed by atoms with Crippen molar-refractivity contribution in [2.45, 2.75) is 293 Å². The van der Waals surface area contributed by atoms with Gasteiger partial charge in [0.15, 0.2) is 19.7 Å². The maximum absolute atomic E-state index is 13.5. The van der Waals surface area contributed by atoms with E-state index in [0.717, 1.165) is 86.5 Å². The predicted octanol–water partition coefficient (Wildman–Crippen LogP) is 15.1. The van der Waals surface area contributed by atoms with Gasteiger partial charge in [0.25, 0.3) is 0 Å². The largest absolute Gasteiger partial charge is 1.00 e. The molecule has 4 unspecified atom stereocenters. The van der Waals surface area contributed by atoms with Gasteiger partial charge < -0.3 is 57.3 Å². The molecule has 108 heavy (non-hydrogen) atoms. The maximum Gasteiger partial charge on any atom is 0.178 e. The molecule has 6 heterocycles. The Hall–Kier alpha value is -4.25. The second kappa shape index (κ2) is 48.7. The third kappa shape index (κ3) is 29.9. The smallest absolute Gasteiger partial charge is 0.178 e. The quantitative estimate of drug-likeness (QED) is 0.0363. The van der Waals surface area contributed by atoms with E-state index >= 15 is 0 Å². The van der Waals surface area contributed by atoms with Crippen molar-refractivity contribution in [2.75, 3.05) is 70.7 Å². The Morgan fingerprint density at radius 2 is 0.907 bits per heavy atom. The van der Waals surface area contributed by atoms with Crippen LogP contribution in [0.15, 0.2) is 169 Å². The Kier molecular flexibility index (Phi) is 42.6. The highest BCUT2D eigenvalue weighted by atomic mass is 32.2. The first-order chi connectivity index (χ1) is 51.3. The predicted molar refractivity (Wildman–Crippen MR) is 437 cm³/mol. The van der Waals surface area contributed by atoms with Gasteiger partial charge in [-0.05, 0) is 147 Å². The van der Waals surface area contributed by atoms with Crippen molar-refractivity contribution in [1.82, 2.24) is 0 Å². The van der Waals surface area contributed by atoms with Crippen LogP contribution in [0.2, 0.25) is 0 Å². The molecule has 20 atom stereocenters. The number of hydrogen-bond acceptors (Lipinski definition) is 14. The van der Waals surface area contributed by atoms with Gasteiger partial charge in [0.05, 0.1) is 160 Å². The maximum atomic E-state index is 13.5. The molecule has 18 heteroatoms. The van der Waals surface area contributed by atoms with Gasteiger partial charge in [-0.25, -0.2) is 16.8 Å². The van der Waals surface area contributed by atoms with Crippen molar-refractivity contribution < 1.29 is 74.1 Å². The average Bonchev–Trinajstić information content (AvgIpc) is 1.57. The van der Waals surface area contributed by atoms with E-state index in [0.29, 0.717) is 56.0 Å². The summed E-state index contributed by atoms with van der Waals surface area (Å²) in [6.07, 6.45) is 30.5. The molecule has 0 radical (unpaired) electrons. The Balaban J connectivity index is 0.000000317. The van der Waals surface area contributed by atoms with Crippen molar-refractivity contribution in [3.63, 3.8) is 0 Å². The minimum atomic E-state index is -3.57. The summed E-state index contributed by atoms with van der Waals surface area (Å²) in [4.78, 5) is 0.666. The highest BCUT2D eigenvalue weighted by Crippen LogP contribution is 2.45. The van der Waals surface area contributed by atoms with Crippen LogP contribution in [0.1, 0.15) is 204 Å². The Morgan fingerprint density at radius 1 is 0.528 bits per heavy atom. The standard InChI is InChI=1S/C38H56O6S.C36H52O8S.C16H36N.FH/c1-8-19-41-20-13-14-31-23-28(5)35(42-31)18-17-32-22-27(4)29(6)37(43-32)24-38-34(30(7)36(44-38)21-26(3)9-2)25-45(39,40)33-15-11-10-12-16-33;1-6-16-41-17-10-11-29-19-25(3)33(42-29)15-14-30-18-24(2)26(4)35(43-30)21-36-32(27(5)34(44-36)20-28(38)22-37)23-45(39,40)31-12-8-7-9-13-31;1-5-9-13-17(14-10-6-2,15-11-7-3)16-12-8-4;/h8,10-16,26-27,30-32,34-38H,1,5-6,9,17-25H2,2-4,7H3;6-13,24,27-30,32-38H,1,3-4,14-23H2,2,5H3;5-16H2,1-4H3;1H/q;;+1;/p-1/b14-13+;11-10+;;/t26-,27-,30-,31+,32+,34-,35?,36-,37-,38?;24-,27-,28+,29+,30+,32-,33?,34-,35-,36?;;/m11../s1. The van der Waals surface area contributed by atoms with Crippen LogP contribution < -0.4 is 4.70 Å². The molecule has 8 rings (SSSR count). The van der Waals surface area contributed by atoms with E-state index in [4.69, 9.17) is 37.9 Å². The first-order valence-corrected chi connectivity index (χ1v) is 44.6. The number of nitrogens with zero attached hydrogens (tertiary/aromatic N) is 1. The number of ether oxygens (including phenoxy) is 8. The van der Waals surface area contributed by atoms with Gasteiger partial charge in [0.1, 0.15) is 0 Å². The molecule has 2 aromatic carbocycles. The van der Waals surface area contributed by atoms with Gasteiger partial charge in [-0.1, -0.05) is 201 Å². The first kappa shape index (κ1) is 94.3. The molecule has 6 aliphatic rings. The number of aliphatic hydroxyl groups is 2. The van der Waals surface area contributed by atoms with Gasteiger partial charge in [-0.3, -0.25) is 0 Å². The number of rotatable bonds is 44. The van der Waals surface area contributed by atoms with Crippen LogP contribution >= 0.6 is 0 Å². The number of aliphatic hydroxyl groups excluding tert-OH is 2. The summed E-state index contributed by atoms with van der Waals surface area (Å²) in [5.74, 6) is 0.660. The van der Waals surface area contributed by atoms with Crippen LogP contribution in [0.3, 0.4) is 0 Å². The summed E-state index contributed by atoms with van der Waals surface area (Å²) >= 11 is 0. The SMILES string of the molecule is C=CCOC/C=C/[C@H]1CC(=C)C(CC[C@H]2C[C@@H](C)C(=C)[C@@H](CC3O[C@H](C[C@H](C)CC)[C@H](C)[C@H]3CS(=O)(=O)c3ccccc3)O2)O1.C=CCOC/C=C/[C@H]1CC(=C)C(CC[C@H]2C[C@@H](C)C(=C)[C@@H](CC3O[C@H](C[C@H](O)CO)[C@H](C)[C@H]3CS(=O)(=O)c3ccccc3)O2)O1.CCCC[N+](CCCC)(CCCC)CCCC.[F-]. The molecule has 15 nitrogen and oxygen atoms in total. The molecular formula is C90H144FNO14S2. The van der Waals surface area contributed by atoms with Crippen molar-refractivity contribution in [3.05, 3.63) is 159 Å². The zero-order valence-corrected chi connectivity index (χ0v) is 69.7. The molecule has 6 aliphatic heterocycles. The van der Waals surface area contributed by atoms with Crippen LogP contribution in [-0.4, -0.2) is 182 Å². The second-order valence-electron chi connectivity index (χ2n) is 32.2. The molecule has 6 saturated heterocycles. The summed E-state index contributed by atoms with van der Waals surface area (Å²) in [6, 6.07) is 17.3. The molecule has 0 saturated carbocycles. The van der Waals surface area contributed by atoms with Gasteiger partial charge in [0, 0.05) is 43.9 Å². The van der Waals surface area contributed by atoms with E-state index in [2.05, 4.69) is 108 Å². The Morgan fingerprint density at radius 3 is 1.26 bits per heavy atom. The molecule has 0 aromatic heterocycles. The second-order valence-corrected chi connectivity index (χ2v) is 36.3. The van der Waals surface area contributed by atoms with Crippen molar-refractivity contribution in [3.8, 4) is 0 Å². The molecule has 6 fully saturated rings. The lowest BCUT2D eigenvalue weighted by Gasteiger charge is -2.39. The van der Waals surface area contributed by atoms with Gasteiger partial charge >= 0.3 is 0 Å². The van der Waals surface area contributed by atoms with E-state index in [1.807, 2.05) is 31.2 Å². The zero-order chi connectivity index (χ0) is 78.1. The van der Waals surface area contributed by atoms with Gasteiger partial charge in [-0.15, -0.1) is 13.2 Å². The van der Waals surface area contributed by atoms with Crippen molar-refractivity contribution in [1.29, 1.82) is 0 Å². The molecule has 0 spiro atoms. The fourth-order valence-corrected chi connectivity index (χ4v) is 20.2. The zero-order valence-electron chi connectivity index (χ0n) is 68.1. The topological polar surface area (TPSA) is 183 Å². The molecule has 612 valence electrons. The number of quaternary nitrogens is 1. The van der Waals surface area contributed by atoms with E-state index in [9.17, 15) is 27.0 Å². The number of benzene rings is 2. The lowest BCUT2D eigenvalue weighted by Crippen LogP contribution is -3.00. The van der Waals surface area contributed by atoms with E-state index in [1.54, 1.807) is 66.7 Å². The van der Waals surface area contributed by atoms with Gasteiger partial charge in [0.2, 0.25) is 0 Å². The van der Waals surface area contributed by atoms with Crippen LogP contribution in [0.25, 0.3) is 0 Å². The number of halogens is 1. The van der Waals surface area contributed by atoms with Crippen LogP contribution in [0.4, 0.5) is 0 Å². The highest BCUT2D eigenvalue weighted by molar-refractivity contribution is 7.91. The van der Waals surface area contributed by atoms with Crippen LogP contribution in [0, 0.1) is 41.4 Å². The summed E-state index contributed by atoms with van der Waals surface area (Å²) in [7, 11) is -7.04. The van der Waals surface area contributed by atoms with Crippen LogP contribution in [0.5, 0.6) is 0 Å². The van der Waals surface area contributed by atoms with E-state index < -0.39 is 31.9 Å². The minimum absolute atomic E-state index is 0. The number of hydrogen-bond donors (Lipinski definition) is 2. The third-order valence-electron chi connectivity index (χ3n) is 23.7. The summed E-state index contributed by atoms with van der Waals surface area (Å²) in [5.41, 5.74) is 4.30. The van der Waals surface area contributed by atoms with E-state index in [-0.39, 0.29) is 131 Å². The molecule has 0 aliphatic carbocycles. The highest BCUT2D eigenvalue weighted by Gasteiger charge is 2.49. The average molecular weight is 1550 g/mol. The van der Waals surface area contributed by atoms with Gasteiger partial charge in [-0.2, -0.15) is 0 Å². The Bertz CT molecular complexity index is 3020. The number of sulfone groups is 2. The fourth-order valence-electron chi connectivity index (χ4n) is 16.6. The lowest BCUT2D eigenvalue weighted by molar-refractivity contribution is -0.929. The number of unbranched alkanes of at least 4 members (excludes halogenated alkanes) is 4. The third-order valence-corrected chi connectivity index (χ3v) is 27.4. The summed E-state index contributed by atoms with van der Waals surface area (Å²) in [5, 5.41) is 19.7. The Labute approximate surface area is 654 Å². The lowest BCUT2D eigenvalue weighted by atomic mass is 9.81. The fraction of sp³-hybridized carbons (Fsp3) is 0.689. The monoisotopic (exact) mass is 1550 g/mol. The molecular weight excluding hydrogens is 1400 g/mol. The molecule has 2 aromatic rings. The van der Waals surface area contributed by atoms with Crippen molar-refractivity contribution >= 4 is 19.7 Å². The minimum Gasteiger partial charge on any atom is -1.00 e. The molecule has 0 bridgehead atoms. The first-order valence-electron chi connectivity index (χ1n) is 41.3. The molecule has 2 N–H and O–H groups in total. The normalized spacial score (nSPS) is 29.6.